The summed E-state index contributed by atoms with van der Waals surface area (Å²) in [6.45, 7) is 1.79. The molecule has 2 fully saturated rings. The molecule has 1 amide bonds. The number of benzene rings is 1. The Bertz CT molecular complexity index is 542. The third-order valence-electron chi connectivity index (χ3n) is 5.66. The number of nitrogens with one attached hydrogen (secondary N) is 1. The molecule has 3 atom stereocenters. The molecule has 21 heavy (non-hydrogen) atoms. The molecule has 3 heteroatoms. The van der Waals surface area contributed by atoms with E-state index in [1.165, 1.54) is 43.4 Å². The van der Waals surface area contributed by atoms with Crippen LogP contribution in [0.5, 0.6) is 0 Å². The van der Waals surface area contributed by atoms with Crippen molar-refractivity contribution in [3.8, 4) is 0 Å². The molecule has 2 heterocycles. The maximum atomic E-state index is 13.0. The van der Waals surface area contributed by atoms with Gasteiger partial charge in [0.15, 0.2) is 0 Å². The summed E-state index contributed by atoms with van der Waals surface area (Å²) in [7, 11) is 0. The summed E-state index contributed by atoms with van der Waals surface area (Å²) in [5.41, 5.74) is 2.50. The summed E-state index contributed by atoms with van der Waals surface area (Å²) in [5, 5.41) is 3.44. The van der Waals surface area contributed by atoms with Crippen LogP contribution in [0.15, 0.2) is 24.3 Å². The van der Waals surface area contributed by atoms with Crippen LogP contribution in [0.4, 0.5) is 5.69 Å². The van der Waals surface area contributed by atoms with Crippen LogP contribution in [0.3, 0.4) is 0 Å². The van der Waals surface area contributed by atoms with Crippen molar-refractivity contribution in [2.45, 2.75) is 44.6 Å². The molecule has 3 aliphatic rings. The zero-order valence-electron chi connectivity index (χ0n) is 12.6. The second kappa shape index (κ2) is 5.36. The zero-order chi connectivity index (χ0) is 14.2. The van der Waals surface area contributed by atoms with Crippen LogP contribution in [-0.2, 0) is 11.2 Å². The number of fused-ring (bicyclic) bond motifs is 2. The van der Waals surface area contributed by atoms with Crippen LogP contribution in [-0.4, -0.2) is 29.9 Å². The van der Waals surface area contributed by atoms with E-state index in [0.29, 0.717) is 11.9 Å². The van der Waals surface area contributed by atoms with Gasteiger partial charge >= 0.3 is 0 Å². The molecule has 4 rings (SSSR count). The lowest BCUT2D eigenvalue weighted by Gasteiger charge is -2.35. The van der Waals surface area contributed by atoms with E-state index in [1.807, 2.05) is 0 Å². The van der Waals surface area contributed by atoms with Gasteiger partial charge in [0.05, 0.1) is 5.92 Å². The third-order valence-corrected chi connectivity index (χ3v) is 5.66. The predicted octanol–water partition coefficient (Wildman–Crippen LogP) is 3.06. The van der Waals surface area contributed by atoms with E-state index in [1.54, 1.807) is 0 Å². The van der Waals surface area contributed by atoms with Crippen molar-refractivity contribution in [3.63, 3.8) is 0 Å². The largest absolute Gasteiger partial charge is 0.384 e. The number of amides is 1. The third kappa shape index (κ3) is 2.33. The molecule has 1 aromatic carbocycles. The quantitative estimate of drug-likeness (QED) is 0.859. The number of anilines is 1. The van der Waals surface area contributed by atoms with E-state index >= 15 is 0 Å². The Morgan fingerprint density at radius 3 is 2.95 bits per heavy atom. The summed E-state index contributed by atoms with van der Waals surface area (Å²) in [4.78, 5) is 15.2. The number of carbonyl (C=O) groups excluding carboxylic acids is 1. The predicted molar refractivity (Wildman–Crippen MR) is 84.2 cm³/mol. The number of para-hydroxylation sites is 1. The van der Waals surface area contributed by atoms with E-state index in [0.717, 1.165) is 25.4 Å². The fourth-order valence-corrected chi connectivity index (χ4v) is 4.53. The number of likely N-dealkylation sites (tertiary alicyclic amines) is 1. The van der Waals surface area contributed by atoms with Crippen molar-refractivity contribution in [1.82, 2.24) is 4.90 Å². The molecule has 3 unspecified atom stereocenters. The zero-order valence-corrected chi connectivity index (χ0v) is 12.6. The topological polar surface area (TPSA) is 32.3 Å². The first-order valence-corrected chi connectivity index (χ1v) is 8.45. The maximum absolute atomic E-state index is 13.0. The lowest BCUT2D eigenvalue weighted by atomic mass is 9.84. The minimum absolute atomic E-state index is 0.126. The highest BCUT2D eigenvalue weighted by molar-refractivity contribution is 5.81. The first-order valence-electron chi connectivity index (χ1n) is 8.45. The SMILES string of the molecule is O=C(C1CNc2ccccc2C1)N1CCC2CCCCC21. The van der Waals surface area contributed by atoms with E-state index in [2.05, 4.69) is 34.5 Å². The summed E-state index contributed by atoms with van der Waals surface area (Å²) in [5.74, 6) is 1.30. The molecular weight excluding hydrogens is 260 g/mol. The normalized spacial score (nSPS) is 31.2. The first-order chi connectivity index (χ1) is 10.3. The van der Waals surface area contributed by atoms with Crippen LogP contribution >= 0.6 is 0 Å². The average molecular weight is 284 g/mol. The van der Waals surface area contributed by atoms with Crippen molar-refractivity contribution in [3.05, 3.63) is 29.8 Å². The molecule has 1 saturated carbocycles. The minimum Gasteiger partial charge on any atom is -0.384 e. The second-order valence-corrected chi connectivity index (χ2v) is 6.87. The summed E-state index contributed by atoms with van der Waals surface area (Å²) >= 11 is 0. The number of hydrogen-bond donors (Lipinski definition) is 1. The molecule has 0 aromatic heterocycles. The Kier molecular flexibility index (Phi) is 3.36. The van der Waals surface area contributed by atoms with Crippen LogP contribution < -0.4 is 5.32 Å². The lowest BCUT2D eigenvalue weighted by Crippen LogP contribution is -2.45. The molecule has 2 aliphatic heterocycles. The average Bonchev–Trinajstić information content (AvgIpc) is 2.98. The Hall–Kier alpha value is -1.51. The van der Waals surface area contributed by atoms with Crippen LogP contribution in [0.1, 0.15) is 37.7 Å². The molecule has 1 aromatic rings. The number of hydrogen-bond acceptors (Lipinski definition) is 2. The lowest BCUT2D eigenvalue weighted by molar-refractivity contribution is -0.136. The standard InChI is InChI=1S/C18H24N2O/c21-18(20-10-9-13-5-2-4-8-17(13)20)15-11-14-6-1-3-7-16(14)19-12-15/h1,3,6-7,13,15,17,19H,2,4-5,8-12H2. The van der Waals surface area contributed by atoms with Gasteiger partial charge in [0.1, 0.15) is 0 Å². The Balaban J connectivity index is 1.49. The Labute approximate surface area is 126 Å². The highest BCUT2D eigenvalue weighted by Gasteiger charge is 2.40. The van der Waals surface area contributed by atoms with Crippen molar-refractivity contribution < 1.29 is 4.79 Å². The van der Waals surface area contributed by atoms with Gasteiger partial charge < -0.3 is 10.2 Å². The summed E-state index contributed by atoms with van der Waals surface area (Å²) < 4.78 is 0. The Morgan fingerprint density at radius 1 is 1.14 bits per heavy atom. The van der Waals surface area contributed by atoms with Gasteiger partial charge in [-0.05, 0) is 43.2 Å². The smallest absolute Gasteiger partial charge is 0.228 e. The molecule has 1 saturated heterocycles. The van der Waals surface area contributed by atoms with Crippen molar-refractivity contribution in [2.75, 3.05) is 18.4 Å². The molecule has 1 aliphatic carbocycles. The molecule has 0 radical (unpaired) electrons. The number of nitrogens with zero attached hydrogens (tertiary/aromatic N) is 1. The van der Waals surface area contributed by atoms with Crippen molar-refractivity contribution in [2.24, 2.45) is 11.8 Å². The van der Waals surface area contributed by atoms with E-state index < -0.39 is 0 Å². The van der Waals surface area contributed by atoms with Gasteiger partial charge in [0, 0.05) is 24.8 Å². The molecule has 1 N–H and O–H groups in total. The van der Waals surface area contributed by atoms with Gasteiger partial charge in [-0.15, -0.1) is 0 Å². The van der Waals surface area contributed by atoms with Crippen molar-refractivity contribution >= 4 is 11.6 Å². The maximum Gasteiger partial charge on any atom is 0.228 e. The van der Waals surface area contributed by atoms with Gasteiger partial charge in [-0.1, -0.05) is 31.0 Å². The van der Waals surface area contributed by atoms with Crippen LogP contribution in [0.25, 0.3) is 0 Å². The highest BCUT2D eigenvalue weighted by Crippen LogP contribution is 2.37. The fourth-order valence-electron chi connectivity index (χ4n) is 4.53. The Morgan fingerprint density at radius 2 is 2.00 bits per heavy atom. The fraction of sp³-hybridized carbons (Fsp3) is 0.611. The molecule has 112 valence electrons. The van der Waals surface area contributed by atoms with E-state index in [4.69, 9.17) is 0 Å². The molecule has 3 nitrogen and oxygen atoms in total. The van der Waals surface area contributed by atoms with Gasteiger partial charge in [-0.3, -0.25) is 4.79 Å². The van der Waals surface area contributed by atoms with Gasteiger partial charge in [0.2, 0.25) is 5.91 Å². The van der Waals surface area contributed by atoms with Gasteiger partial charge in [-0.2, -0.15) is 0 Å². The van der Waals surface area contributed by atoms with Crippen LogP contribution in [0, 0.1) is 11.8 Å². The summed E-state index contributed by atoms with van der Waals surface area (Å²) in [6, 6.07) is 8.93. The minimum atomic E-state index is 0.126. The molecule has 0 bridgehead atoms. The molecular formula is C18H24N2O. The summed E-state index contributed by atoms with van der Waals surface area (Å²) in [6.07, 6.45) is 7.36. The van der Waals surface area contributed by atoms with Crippen molar-refractivity contribution in [1.29, 1.82) is 0 Å². The monoisotopic (exact) mass is 284 g/mol. The van der Waals surface area contributed by atoms with Crippen LogP contribution in [0.2, 0.25) is 0 Å². The van der Waals surface area contributed by atoms with E-state index in [-0.39, 0.29) is 5.92 Å². The number of carbonyl (C=O) groups is 1. The van der Waals surface area contributed by atoms with Gasteiger partial charge in [-0.25, -0.2) is 0 Å². The molecule has 0 spiro atoms. The highest BCUT2D eigenvalue weighted by atomic mass is 16.2. The first kappa shape index (κ1) is 13.2. The second-order valence-electron chi connectivity index (χ2n) is 6.87. The van der Waals surface area contributed by atoms with Gasteiger partial charge in [0.25, 0.3) is 0 Å². The van der Waals surface area contributed by atoms with E-state index in [9.17, 15) is 4.79 Å². The number of rotatable bonds is 1.